The lowest BCUT2D eigenvalue weighted by Crippen LogP contribution is -2.09. The molecule has 0 amide bonds. The number of carbonyl (C=O) groups excluding carboxylic acids is 1. The molecule has 0 aliphatic carbocycles. The normalized spacial score (nSPS) is 10.5. The molecule has 0 aliphatic heterocycles. The third-order valence-corrected chi connectivity index (χ3v) is 2.31. The molecular weight excluding hydrogens is 274 g/mol. The monoisotopic (exact) mass is 280 g/mol. The van der Waals surface area contributed by atoms with E-state index in [1.165, 1.54) is 0 Å². The van der Waals surface area contributed by atoms with Gasteiger partial charge in [-0.3, -0.25) is 0 Å². The molecule has 0 spiro atoms. The number of ether oxygens (including phenoxy) is 1. The van der Waals surface area contributed by atoms with Gasteiger partial charge < -0.3 is 10.5 Å². The van der Waals surface area contributed by atoms with Crippen LogP contribution in [-0.4, -0.2) is 18.1 Å². The Kier molecular flexibility index (Phi) is 3.57. The van der Waals surface area contributed by atoms with Crippen molar-refractivity contribution in [2.45, 2.75) is 6.43 Å². The summed E-state index contributed by atoms with van der Waals surface area (Å²) in [6.45, 7) is 0. The van der Waals surface area contributed by atoms with Crippen molar-refractivity contribution in [2.75, 3.05) is 12.8 Å². The molecule has 2 N–H and O–H groups in total. The number of nitrogen functional groups attached to an aromatic ring is 1. The summed E-state index contributed by atoms with van der Waals surface area (Å²) < 4.78 is 29.3. The van der Waals surface area contributed by atoms with Crippen LogP contribution in [0.25, 0.3) is 0 Å². The molecule has 4 nitrogen and oxygen atoms in total. The van der Waals surface area contributed by atoms with Gasteiger partial charge in [0.1, 0.15) is 5.82 Å². The first-order valence-electron chi connectivity index (χ1n) is 3.79. The highest BCUT2D eigenvalue weighted by Crippen LogP contribution is 2.31. The number of aromatic nitrogens is 1. The van der Waals surface area contributed by atoms with E-state index in [9.17, 15) is 13.6 Å². The Morgan fingerprint density at radius 2 is 2.27 bits per heavy atom. The van der Waals surface area contributed by atoms with E-state index in [1.54, 1.807) is 0 Å². The second-order valence-corrected chi connectivity index (χ2v) is 3.43. The number of rotatable bonds is 2. The summed E-state index contributed by atoms with van der Waals surface area (Å²) in [4.78, 5) is 14.6. The number of anilines is 1. The Balaban J connectivity index is 3.25. The van der Waals surface area contributed by atoms with Crippen LogP contribution in [0.1, 0.15) is 22.5 Å². The zero-order valence-electron chi connectivity index (χ0n) is 7.63. The molecular formula is C8H7BrF2N2O2. The maximum absolute atomic E-state index is 12.4. The third kappa shape index (κ3) is 2.41. The van der Waals surface area contributed by atoms with E-state index >= 15 is 0 Å². The zero-order valence-corrected chi connectivity index (χ0v) is 9.22. The van der Waals surface area contributed by atoms with Crippen LogP contribution in [0.5, 0.6) is 0 Å². The minimum absolute atomic E-state index is 0.0328. The number of esters is 1. The molecule has 0 saturated heterocycles. The summed E-state index contributed by atoms with van der Waals surface area (Å²) in [7, 11) is 1.16. The molecule has 0 unspecified atom stereocenters. The Morgan fingerprint density at radius 1 is 1.67 bits per heavy atom. The minimum atomic E-state index is -2.75. The molecule has 0 aromatic carbocycles. The molecule has 0 bridgehead atoms. The average molecular weight is 281 g/mol. The predicted octanol–water partition coefficient (Wildman–Crippen LogP) is 2.15. The molecule has 1 aromatic heterocycles. The lowest BCUT2D eigenvalue weighted by molar-refractivity contribution is 0.0593. The second-order valence-electron chi connectivity index (χ2n) is 2.58. The van der Waals surface area contributed by atoms with Gasteiger partial charge in [0.2, 0.25) is 0 Å². The molecule has 0 atom stereocenters. The fourth-order valence-electron chi connectivity index (χ4n) is 0.968. The van der Waals surface area contributed by atoms with Gasteiger partial charge in [-0.15, -0.1) is 0 Å². The van der Waals surface area contributed by atoms with Crippen molar-refractivity contribution in [3.05, 3.63) is 21.8 Å². The second kappa shape index (κ2) is 4.52. The van der Waals surface area contributed by atoms with Crippen LogP contribution in [0, 0.1) is 0 Å². The van der Waals surface area contributed by atoms with Crippen LogP contribution >= 0.6 is 15.9 Å². The molecule has 7 heteroatoms. The summed E-state index contributed by atoms with van der Waals surface area (Å²) >= 11 is 2.89. The minimum Gasteiger partial charge on any atom is -0.464 e. The number of nitrogens with zero attached hydrogens (tertiary/aromatic N) is 1. The molecule has 0 radical (unpaired) electrons. The van der Waals surface area contributed by atoms with Crippen molar-refractivity contribution < 1.29 is 18.3 Å². The molecule has 0 aliphatic rings. The van der Waals surface area contributed by atoms with Crippen LogP contribution in [0.3, 0.4) is 0 Å². The van der Waals surface area contributed by atoms with Gasteiger partial charge in [0.15, 0.2) is 5.69 Å². The average Bonchev–Trinajstić information content (AvgIpc) is 2.14. The van der Waals surface area contributed by atoms with E-state index in [0.717, 1.165) is 13.2 Å². The van der Waals surface area contributed by atoms with Crippen LogP contribution in [0.2, 0.25) is 0 Å². The maximum Gasteiger partial charge on any atom is 0.356 e. The largest absolute Gasteiger partial charge is 0.464 e. The Labute approximate surface area is 92.6 Å². The van der Waals surface area contributed by atoms with E-state index in [0.29, 0.717) is 0 Å². The summed E-state index contributed by atoms with van der Waals surface area (Å²) in [5.41, 5.74) is 4.74. The summed E-state index contributed by atoms with van der Waals surface area (Å²) in [5.74, 6) is -1.12. The first kappa shape index (κ1) is 11.8. The van der Waals surface area contributed by atoms with Gasteiger partial charge in [0.25, 0.3) is 6.43 Å². The van der Waals surface area contributed by atoms with E-state index in [-0.39, 0.29) is 16.0 Å². The van der Waals surface area contributed by atoms with E-state index in [4.69, 9.17) is 5.73 Å². The lowest BCUT2D eigenvalue weighted by atomic mass is 10.2. The highest BCUT2D eigenvalue weighted by molar-refractivity contribution is 9.10. The van der Waals surface area contributed by atoms with Gasteiger partial charge in [-0.2, -0.15) is 0 Å². The zero-order chi connectivity index (χ0) is 11.6. The molecule has 1 heterocycles. The standard InChI is InChI=1S/C8H7BrF2N2O2/c1-15-8(14)4-2-3(9)5(6(10)11)7(12)13-4/h2,6H,1H3,(H2,12,13). The van der Waals surface area contributed by atoms with Crippen molar-refractivity contribution in [2.24, 2.45) is 0 Å². The number of carbonyl (C=O) groups is 1. The number of alkyl halides is 2. The van der Waals surface area contributed by atoms with E-state index in [2.05, 4.69) is 25.7 Å². The quantitative estimate of drug-likeness (QED) is 0.843. The predicted molar refractivity (Wildman–Crippen MR) is 52.6 cm³/mol. The third-order valence-electron chi connectivity index (χ3n) is 1.65. The van der Waals surface area contributed by atoms with Gasteiger partial charge in [-0.05, 0) is 6.07 Å². The van der Waals surface area contributed by atoms with Gasteiger partial charge in [0.05, 0.1) is 12.7 Å². The van der Waals surface area contributed by atoms with Crippen molar-refractivity contribution in [3.8, 4) is 0 Å². The molecule has 82 valence electrons. The van der Waals surface area contributed by atoms with Gasteiger partial charge >= 0.3 is 5.97 Å². The van der Waals surface area contributed by atoms with Crippen molar-refractivity contribution in [1.82, 2.24) is 4.98 Å². The summed E-state index contributed by atoms with van der Waals surface area (Å²) in [6.07, 6.45) is -2.75. The first-order valence-corrected chi connectivity index (χ1v) is 4.59. The van der Waals surface area contributed by atoms with Crippen LogP contribution in [-0.2, 0) is 4.74 Å². The van der Waals surface area contributed by atoms with Gasteiger partial charge in [0, 0.05) is 4.47 Å². The van der Waals surface area contributed by atoms with Crippen molar-refractivity contribution >= 4 is 27.7 Å². The van der Waals surface area contributed by atoms with Crippen molar-refractivity contribution in [1.29, 1.82) is 0 Å². The maximum atomic E-state index is 12.4. The number of hydrogen-bond acceptors (Lipinski definition) is 4. The van der Waals surface area contributed by atoms with E-state index in [1.807, 2.05) is 0 Å². The smallest absolute Gasteiger partial charge is 0.356 e. The van der Waals surface area contributed by atoms with E-state index < -0.39 is 18.0 Å². The molecule has 0 fully saturated rings. The topological polar surface area (TPSA) is 65.2 Å². The summed E-state index contributed by atoms with van der Waals surface area (Å²) in [6, 6.07) is 1.14. The summed E-state index contributed by atoms with van der Waals surface area (Å²) in [5, 5.41) is 0. The Bertz CT molecular complexity index is 375. The Morgan fingerprint density at radius 3 is 2.67 bits per heavy atom. The number of methoxy groups -OCH3 is 1. The Hall–Kier alpha value is -1.24. The van der Waals surface area contributed by atoms with Crippen LogP contribution < -0.4 is 5.73 Å². The lowest BCUT2D eigenvalue weighted by Gasteiger charge is -2.08. The highest BCUT2D eigenvalue weighted by Gasteiger charge is 2.20. The fourth-order valence-corrected chi connectivity index (χ4v) is 1.56. The number of nitrogens with two attached hydrogens (primary N) is 1. The number of halogens is 3. The fraction of sp³-hybridized carbons (Fsp3) is 0.250. The highest BCUT2D eigenvalue weighted by atomic mass is 79.9. The van der Waals surface area contributed by atoms with Crippen molar-refractivity contribution in [3.63, 3.8) is 0 Å². The van der Waals surface area contributed by atoms with Gasteiger partial charge in [-0.1, -0.05) is 15.9 Å². The molecule has 1 rings (SSSR count). The molecule has 0 saturated carbocycles. The SMILES string of the molecule is COC(=O)c1cc(Br)c(C(F)F)c(N)n1. The molecule has 1 aromatic rings. The number of hydrogen-bond donors (Lipinski definition) is 1. The van der Waals surface area contributed by atoms with Gasteiger partial charge in [-0.25, -0.2) is 18.6 Å². The van der Waals surface area contributed by atoms with Crippen LogP contribution in [0.15, 0.2) is 10.5 Å². The number of pyridine rings is 1. The van der Waals surface area contributed by atoms with Crippen LogP contribution in [0.4, 0.5) is 14.6 Å². The molecule has 15 heavy (non-hydrogen) atoms. The first-order chi connectivity index (χ1) is 6.97.